The Labute approximate surface area is 113 Å². The van der Waals surface area contributed by atoms with Gasteiger partial charge in [-0.15, -0.1) is 0 Å². The maximum atomic E-state index is 9.06. The first kappa shape index (κ1) is 15.9. The molecule has 2 N–H and O–H groups in total. The summed E-state index contributed by atoms with van der Waals surface area (Å²) in [6.07, 6.45) is 6.63. The highest BCUT2D eigenvalue weighted by Gasteiger charge is 2.35. The first-order valence-corrected chi connectivity index (χ1v) is 7.62. The van der Waals surface area contributed by atoms with Gasteiger partial charge in [-0.25, -0.2) is 0 Å². The van der Waals surface area contributed by atoms with Crippen molar-refractivity contribution in [1.82, 2.24) is 10.2 Å². The molecule has 3 nitrogen and oxygen atoms in total. The molecule has 3 heteroatoms. The molecule has 0 amide bonds. The average Bonchev–Trinajstić information content (AvgIpc) is 2.29. The van der Waals surface area contributed by atoms with Crippen LogP contribution in [0, 0.1) is 11.3 Å². The Kier molecular flexibility index (Phi) is 7.20. The van der Waals surface area contributed by atoms with Crippen LogP contribution in [-0.4, -0.2) is 49.8 Å². The third-order valence-electron chi connectivity index (χ3n) is 4.20. The van der Waals surface area contributed by atoms with Gasteiger partial charge in [-0.2, -0.15) is 0 Å². The van der Waals surface area contributed by atoms with E-state index in [0.717, 1.165) is 32.1 Å². The lowest BCUT2D eigenvalue weighted by atomic mass is 9.69. The van der Waals surface area contributed by atoms with Crippen LogP contribution in [0.3, 0.4) is 0 Å². The van der Waals surface area contributed by atoms with Crippen molar-refractivity contribution in [2.24, 2.45) is 11.3 Å². The van der Waals surface area contributed by atoms with Gasteiger partial charge < -0.3 is 15.3 Å². The molecule has 1 saturated carbocycles. The molecule has 0 spiro atoms. The molecule has 0 heterocycles. The van der Waals surface area contributed by atoms with Gasteiger partial charge in [-0.1, -0.05) is 26.7 Å². The predicted octanol–water partition coefficient (Wildman–Crippen LogP) is 2.11. The van der Waals surface area contributed by atoms with Crippen molar-refractivity contribution in [3.05, 3.63) is 0 Å². The monoisotopic (exact) mass is 256 g/mol. The van der Waals surface area contributed by atoms with Crippen LogP contribution in [-0.2, 0) is 0 Å². The Bertz CT molecular complexity index is 223. The minimum absolute atomic E-state index is 0.268. The van der Waals surface area contributed by atoms with Crippen molar-refractivity contribution in [3.63, 3.8) is 0 Å². The Balaban J connectivity index is 2.54. The number of nitrogens with one attached hydrogen (secondary N) is 1. The van der Waals surface area contributed by atoms with Crippen molar-refractivity contribution < 1.29 is 5.11 Å². The lowest BCUT2D eigenvalue weighted by Gasteiger charge is -2.43. The van der Waals surface area contributed by atoms with Gasteiger partial charge in [0.05, 0.1) is 6.61 Å². The van der Waals surface area contributed by atoms with Crippen LogP contribution >= 0.6 is 0 Å². The largest absolute Gasteiger partial charge is 0.395 e. The van der Waals surface area contributed by atoms with E-state index in [0.29, 0.717) is 5.41 Å². The smallest absolute Gasteiger partial charge is 0.0558 e. The molecule has 0 radical (unpaired) electrons. The summed E-state index contributed by atoms with van der Waals surface area (Å²) >= 11 is 0. The highest BCUT2D eigenvalue weighted by Crippen LogP contribution is 2.39. The average molecular weight is 256 g/mol. The maximum Gasteiger partial charge on any atom is 0.0558 e. The first-order valence-electron chi connectivity index (χ1n) is 7.62. The highest BCUT2D eigenvalue weighted by molar-refractivity contribution is 4.89. The van der Waals surface area contributed by atoms with Crippen molar-refractivity contribution in [3.8, 4) is 0 Å². The highest BCUT2D eigenvalue weighted by atomic mass is 16.3. The summed E-state index contributed by atoms with van der Waals surface area (Å²) in [5.74, 6) is 0.852. The van der Waals surface area contributed by atoms with Gasteiger partial charge in [0.1, 0.15) is 0 Å². The summed E-state index contributed by atoms with van der Waals surface area (Å²) in [5, 5.41) is 12.7. The minimum Gasteiger partial charge on any atom is -0.395 e. The zero-order valence-corrected chi connectivity index (χ0v) is 12.5. The van der Waals surface area contributed by atoms with Crippen LogP contribution < -0.4 is 5.32 Å². The quantitative estimate of drug-likeness (QED) is 0.653. The van der Waals surface area contributed by atoms with Crippen LogP contribution in [0.5, 0.6) is 0 Å². The van der Waals surface area contributed by atoms with Crippen LogP contribution in [0.25, 0.3) is 0 Å². The second-order valence-electron chi connectivity index (χ2n) is 6.34. The standard InChI is InChI=1S/C15H32N2O/c1-4-8-16-12-15(13-17(3)9-10-18)7-5-6-14(2)11-15/h14,16,18H,4-13H2,1-3H3. The Morgan fingerprint density at radius 3 is 2.83 bits per heavy atom. The number of aliphatic hydroxyl groups excluding tert-OH is 1. The van der Waals surface area contributed by atoms with Gasteiger partial charge in [0.25, 0.3) is 0 Å². The van der Waals surface area contributed by atoms with Crippen molar-refractivity contribution >= 4 is 0 Å². The van der Waals surface area contributed by atoms with E-state index in [9.17, 15) is 0 Å². The van der Waals surface area contributed by atoms with Crippen LogP contribution in [0.4, 0.5) is 0 Å². The van der Waals surface area contributed by atoms with Gasteiger partial charge in [-0.3, -0.25) is 0 Å². The molecule has 0 aromatic heterocycles. The molecule has 0 saturated heterocycles. The summed E-state index contributed by atoms with van der Waals surface area (Å²) in [6, 6.07) is 0. The van der Waals surface area contributed by atoms with E-state index in [-0.39, 0.29) is 6.61 Å². The second kappa shape index (κ2) is 8.13. The molecule has 1 aliphatic rings. The SMILES string of the molecule is CCCNCC1(CN(C)CCO)CCCC(C)C1. The van der Waals surface area contributed by atoms with Gasteiger partial charge >= 0.3 is 0 Å². The summed E-state index contributed by atoms with van der Waals surface area (Å²) in [5.41, 5.74) is 0.427. The molecular formula is C15H32N2O. The number of hydrogen-bond donors (Lipinski definition) is 2. The van der Waals surface area contributed by atoms with E-state index in [2.05, 4.69) is 31.1 Å². The first-order chi connectivity index (χ1) is 8.62. The van der Waals surface area contributed by atoms with E-state index < -0.39 is 0 Å². The molecular weight excluding hydrogens is 224 g/mol. The molecule has 108 valence electrons. The molecule has 0 aromatic rings. The minimum atomic E-state index is 0.268. The number of aliphatic hydroxyl groups is 1. The molecule has 2 unspecified atom stereocenters. The Morgan fingerprint density at radius 1 is 1.44 bits per heavy atom. The van der Waals surface area contributed by atoms with Gasteiger partial charge in [0.2, 0.25) is 0 Å². The van der Waals surface area contributed by atoms with E-state index in [1.54, 1.807) is 0 Å². The lowest BCUT2D eigenvalue weighted by molar-refractivity contribution is 0.0835. The van der Waals surface area contributed by atoms with Crippen LogP contribution in [0.2, 0.25) is 0 Å². The third kappa shape index (κ3) is 5.25. The molecule has 0 bridgehead atoms. The summed E-state index contributed by atoms with van der Waals surface area (Å²) in [7, 11) is 2.14. The maximum absolute atomic E-state index is 9.06. The number of likely N-dealkylation sites (N-methyl/N-ethyl adjacent to an activating group) is 1. The van der Waals surface area contributed by atoms with Crippen LogP contribution in [0.1, 0.15) is 46.0 Å². The summed E-state index contributed by atoms with van der Waals surface area (Å²) < 4.78 is 0. The van der Waals surface area contributed by atoms with E-state index in [4.69, 9.17) is 5.11 Å². The second-order valence-corrected chi connectivity index (χ2v) is 6.34. The number of rotatable bonds is 8. The topological polar surface area (TPSA) is 35.5 Å². The zero-order chi connectivity index (χ0) is 13.4. The fourth-order valence-electron chi connectivity index (χ4n) is 3.48. The van der Waals surface area contributed by atoms with Gasteiger partial charge in [0.15, 0.2) is 0 Å². The molecule has 2 atom stereocenters. The van der Waals surface area contributed by atoms with Crippen LogP contribution in [0.15, 0.2) is 0 Å². The molecule has 0 aliphatic heterocycles. The Morgan fingerprint density at radius 2 is 2.22 bits per heavy atom. The molecule has 1 aliphatic carbocycles. The fraction of sp³-hybridized carbons (Fsp3) is 1.00. The van der Waals surface area contributed by atoms with Crippen molar-refractivity contribution in [2.75, 3.05) is 39.8 Å². The summed E-state index contributed by atoms with van der Waals surface area (Å²) in [4.78, 5) is 2.30. The fourth-order valence-corrected chi connectivity index (χ4v) is 3.48. The van der Waals surface area contributed by atoms with Gasteiger partial charge in [0, 0.05) is 19.6 Å². The number of hydrogen-bond acceptors (Lipinski definition) is 3. The predicted molar refractivity (Wildman–Crippen MR) is 77.8 cm³/mol. The van der Waals surface area contributed by atoms with Crippen molar-refractivity contribution in [2.45, 2.75) is 46.0 Å². The summed E-state index contributed by atoms with van der Waals surface area (Å²) in [6.45, 7) is 9.06. The molecule has 1 fully saturated rings. The zero-order valence-electron chi connectivity index (χ0n) is 12.5. The van der Waals surface area contributed by atoms with Crippen molar-refractivity contribution in [1.29, 1.82) is 0 Å². The van der Waals surface area contributed by atoms with E-state index in [1.165, 1.54) is 32.1 Å². The molecule has 18 heavy (non-hydrogen) atoms. The van der Waals surface area contributed by atoms with E-state index >= 15 is 0 Å². The number of nitrogens with zero attached hydrogens (tertiary/aromatic N) is 1. The normalized spacial score (nSPS) is 28.8. The molecule has 1 rings (SSSR count). The third-order valence-corrected chi connectivity index (χ3v) is 4.20. The van der Waals surface area contributed by atoms with E-state index in [1.807, 2.05) is 0 Å². The lowest BCUT2D eigenvalue weighted by Crippen LogP contribution is -2.46. The molecule has 0 aromatic carbocycles. The Hall–Kier alpha value is -0.120. The van der Waals surface area contributed by atoms with Gasteiger partial charge in [-0.05, 0) is 44.2 Å².